The number of hydrogen-bond acceptors (Lipinski definition) is 3. The van der Waals surface area contributed by atoms with Gasteiger partial charge < -0.3 is 10.1 Å². The van der Waals surface area contributed by atoms with Gasteiger partial charge in [0.15, 0.2) is 0 Å². The number of ether oxygens (including phenoxy) is 1. The minimum atomic E-state index is 0.275. The van der Waals surface area contributed by atoms with Gasteiger partial charge >= 0.3 is 0 Å². The summed E-state index contributed by atoms with van der Waals surface area (Å²) in [7, 11) is 1.66. The molecule has 0 aliphatic rings. The fourth-order valence-corrected chi connectivity index (χ4v) is 3.52. The van der Waals surface area contributed by atoms with Gasteiger partial charge in [-0.05, 0) is 41.1 Å². The van der Waals surface area contributed by atoms with Gasteiger partial charge in [-0.25, -0.2) is 0 Å². The van der Waals surface area contributed by atoms with Crippen molar-refractivity contribution in [1.29, 1.82) is 0 Å². The Labute approximate surface area is 130 Å². The van der Waals surface area contributed by atoms with Gasteiger partial charge in [0, 0.05) is 37.9 Å². The van der Waals surface area contributed by atoms with E-state index in [4.69, 9.17) is 16.3 Å². The molecule has 0 radical (unpaired) electrons. The van der Waals surface area contributed by atoms with Crippen LogP contribution in [-0.4, -0.2) is 7.11 Å². The minimum absolute atomic E-state index is 0.275. The fourth-order valence-electron chi connectivity index (χ4n) is 1.81. The molecule has 2 aromatic rings. The average molecular weight is 361 g/mol. The van der Waals surface area contributed by atoms with E-state index in [0.717, 1.165) is 20.8 Å². The molecule has 19 heavy (non-hydrogen) atoms. The van der Waals surface area contributed by atoms with Crippen molar-refractivity contribution >= 4 is 38.9 Å². The lowest BCUT2D eigenvalue weighted by Gasteiger charge is -2.15. The first-order valence-electron chi connectivity index (χ1n) is 5.90. The molecule has 0 aliphatic heterocycles. The molecule has 1 aromatic carbocycles. The lowest BCUT2D eigenvalue weighted by molar-refractivity contribution is 0.406. The first-order valence-corrected chi connectivity index (χ1v) is 7.95. The molecule has 0 saturated heterocycles. The number of rotatable bonds is 5. The van der Waals surface area contributed by atoms with Crippen LogP contribution in [0.2, 0.25) is 5.02 Å². The van der Waals surface area contributed by atoms with Crippen LogP contribution in [0.1, 0.15) is 23.4 Å². The molecule has 1 N–H and O–H groups in total. The molecule has 0 fully saturated rings. The van der Waals surface area contributed by atoms with Crippen LogP contribution in [-0.2, 0) is 6.54 Å². The largest absolute Gasteiger partial charge is 0.496 e. The topological polar surface area (TPSA) is 21.3 Å². The molecule has 1 unspecified atom stereocenters. The second kappa shape index (κ2) is 6.75. The van der Waals surface area contributed by atoms with Gasteiger partial charge in [-0.3, -0.25) is 0 Å². The second-order valence-electron chi connectivity index (χ2n) is 4.19. The van der Waals surface area contributed by atoms with Gasteiger partial charge in [0.1, 0.15) is 5.75 Å². The molecule has 2 rings (SSSR count). The fraction of sp³-hybridized carbons (Fsp3) is 0.286. The summed E-state index contributed by atoms with van der Waals surface area (Å²) in [6.45, 7) is 2.82. The van der Waals surface area contributed by atoms with Crippen molar-refractivity contribution in [1.82, 2.24) is 5.32 Å². The highest BCUT2D eigenvalue weighted by atomic mass is 79.9. The van der Waals surface area contributed by atoms with Gasteiger partial charge in [-0.1, -0.05) is 17.7 Å². The van der Waals surface area contributed by atoms with Gasteiger partial charge in [-0.15, -0.1) is 11.3 Å². The molecule has 0 saturated carbocycles. The lowest BCUT2D eigenvalue weighted by Crippen LogP contribution is -2.17. The Morgan fingerprint density at radius 3 is 2.89 bits per heavy atom. The molecular formula is C14H15BrClNOS. The number of methoxy groups -OCH3 is 1. The van der Waals surface area contributed by atoms with Crippen molar-refractivity contribution in [2.75, 3.05) is 7.11 Å². The summed E-state index contributed by atoms with van der Waals surface area (Å²) in [5, 5.41) is 6.28. The summed E-state index contributed by atoms with van der Waals surface area (Å²) in [6.07, 6.45) is 0. The highest BCUT2D eigenvalue weighted by Gasteiger charge is 2.11. The van der Waals surface area contributed by atoms with E-state index in [-0.39, 0.29) is 6.04 Å². The van der Waals surface area contributed by atoms with E-state index in [0.29, 0.717) is 6.54 Å². The van der Waals surface area contributed by atoms with E-state index >= 15 is 0 Å². The van der Waals surface area contributed by atoms with Gasteiger partial charge in [0.2, 0.25) is 0 Å². The van der Waals surface area contributed by atoms with Crippen LogP contribution < -0.4 is 10.1 Å². The van der Waals surface area contributed by atoms with Gasteiger partial charge in [0.05, 0.1) is 7.11 Å². The van der Waals surface area contributed by atoms with Crippen LogP contribution in [0.3, 0.4) is 0 Å². The van der Waals surface area contributed by atoms with Crippen LogP contribution >= 0.6 is 38.9 Å². The first kappa shape index (κ1) is 14.9. The molecule has 0 spiro atoms. The molecule has 0 amide bonds. The average Bonchev–Trinajstić information content (AvgIpc) is 2.83. The summed E-state index contributed by atoms with van der Waals surface area (Å²) in [4.78, 5) is 1.29. The van der Waals surface area contributed by atoms with Crippen LogP contribution in [0.4, 0.5) is 0 Å². The summed E-state index contributed by atoms with van der Waals surface area (Å²) in [5.74, 6) is 0.819. The van der Waals surface area contributed by atoms with E-state index < -0.39 is 0 Å². The van der Waals surface area contributed by atoms with Gasteiger partial charge in [0.25, 0.3) is 0 Å². The maximum atomic E-state index is 6.22. The van der Waals surface area contributed by atoms with Crippen LogP contribution in [0.25, 0.3) is 0 Å². The maximum Gasteiger partial charge on any atom is 0.124 e. The van der Waals surface area contributed by atoms with Gasteiger partial charge in [-0.2, -0.15) is 0 Å². The van der Waals surface area contributed by atoms with Crippen molar-refractivity contribution in [3.63, 3.8) is 0 Å². The molecule has 5 heteroatoms. The van der Waals surface area contributed by atoms with E-state index in [1.807, 2.05) is 18.2 Å². The SMILES string of the molecule is COc1cccc(Cl)c1CNC(C)c1cc(Br)cs1. The molecule has 1 atom stereocenters. The summed E-state index contributed by atoms with van der Waals surface area (Å²) >= 11 is 11.4. The quantitative estimate of drug-likeness (QED) is 0.808. The highest BCUT2D eigenvalue weighted by molar-refractivity contribution is 9.10. The van der Waals surface area contributed by atoms with E-state index in [1.54, 1.807) is 18.4 Å². The predicted molar refractivity (Wildman–Crippen MR) is 85.3 cm³/mol. The van der Waals surface area contributed by atoms with Crippen molar-refractivity contribution < 1.29 is 4.74 Å². The Balaban J connectivity index is 2.06. The van der Waals surface area contributed by atoms with Crippen molar-refractivity contribution in [3.05, 3.63) is 49.6 Å². The van der Waals surface area contributed by atoms with E-state index in [9.17, 15) is 0 Å². The Bertz CT molecular complexity index is 558. The third kappa shape index (κ3) is 3.72. The monoisotopic (exact) mass is 359 g/mol. The first-order chi connectivity index (χ1) is 9.11. The third-order valence-electron chi connectivity index (χ3n) is 2.90. The van der Waals surface area contributed by atoms with Crippen molar-refractivity contribution in [2.24, 2.45) is 0 Å². The highest BCUT2D eigenvalue weighted by Crippen LogP contribution is 2.28. The van der Waals surface area contributed by atoms with Crippen LogP contribution in [0.15, 0.2) is 34.1 Å². The normalized spacial score (nSPS) is 12.4. The summed E-state index contributed by atoms with van der Waals surface area (Å²) in [5.41, 5.74) is 0.995. The zero-order chi connectivity index (χ0) is 13.8. The Kier molecular flexibility index (Phi) is 5.28. The number of halogens is 2. The van der Waals surface area contributed by atoms with Crippen molar-refractivity contribution in [3.8, 4) is 5.75 Å². The molecule has 0 bridgehead atoms. The van der Waals surface area contributed by atoms with Crippen LogP contribution in [0.5, 0.6) is 5.75 Å². The van der Waals surface area contributed by atoms with Crippen molar-refractivity contribution in [2.45, 2.75) is 19.5 Å². The molecule has 0 aliphatic carbocycles. The minimum Gasteiger partial charge on any atom is -0.496 e. The van der Waals surface area contributed by atoms with E-state index in [2.05, 4.69) is 39.6 Å². The molecule has 102 valence electrons. The zero-order valence-electron chi connectivity index (χ0n) is 10.7. The van der Waals surface area contributed by atoms with E-state index in [1.165, 1.54) is 4.88 Å². The number of nitrogens with one attached hydrogen (secondary N) is 1. The predicted octanol–water partition coefficient (Wildman–Crippen LogP) is 5.02. The standard InChI is InChI=1S/C14H15BrClNOS/c1-9(14-6-10(15)8-19-14)17-7-11-12(16)4-3-5-13(11)18-2/h3-6,8-9,17H,7H2,1-2H3. The summed E-state index contributed by atoms with van der Waals surface area (Å²) < 4.78 is 6.46. The zero-order valence-corrected chi connectivity index (χ0v) is 13.9. The lowest BCUT2D eigenvalue weighted by atomic mass is 10.2. The van der Waals surface area contributed by atoms with Crippen LogP contribution in [0, 0.1) is 0 Å². The molecule has 1 aromatic heterocycles. The second-order valence-corrected chi connectivity index (χ2v) is 6.46. The summed E-state index contributed by atoms with van der Waals surface area (Å²) in [6, 6.07) is 8.11. The third-order valence-corrected chi connectivity index (χ3v) is 5.13. The Morgan fingerprint density at radius 1 is 1.47 bits per heavy atom. The molecule has 2 nitrogen and oxygen atoms in total. The smallest absolute Gasteiger partial charge is 0.124 e. The number of benzene rings is 1. The molecular weight excluding hydrogens is 346 g/mol. The maximum absolute atomic E-state index is 6.22. The number of hydrogen-bond donors (Lipinski definition) is 1. The Morgan fingerprint density at radius 2 is 2.26 bits per heavy atom. The number of thiophene rings is 1. The Hall–Kier alpha value is -0.550. The molecule has 1 heterocycles.